The number of benzene rings is 1. The molecule has 0 amide bonds. The Morgan fingerprint density at radius 2 is 0.914 bits per heavy atom. The lowest BCUT2D eigenvalue weighted by Gasteiger charge is -2.54. The Hall–Kier alpha value is -1.22. The molecule has 1 aromatic carbocycles. The standard InChI is InChI=1S/C19H20ClF13OSi/c1-12(2,3)35(4,5)13(34,10-6-8-11(20)9-7-10)14(21,22)15(23,24)16(25,26)17(27,28)18(29,30)19(31,32)33/h6-9,34H,1-5H3. The van der Waals surface area contributed by atoms with E-state index in [1.807, 2.05) is 0 Å². The second kappa shape index (κ2) is 8.40. The molecule has 0 aliphatic carbocycles. The van der Waals surface area contributed by atoms with Crippen molar-refractivity contribution in [2.45, 2.75) is 79.9 Å². The minimum absolute atomic E-state index is 0.219. The fraction of sp³-hybridized carbons (Fsp3) is 0.684. The molecule has 1 N–H and O–H groups in total. The predicted molar refractivity (Wildman–Crippen MR) is 103 cm³/mol. The van der Waals surface area contributed by atoms with E-state index in [2.05, 4.69) is 0 Å². The normalized spacial score (nSPS) is 17.4. The molecule has 0 aliphatic heterocycles. The van der Waals surface area contributed by atoms with Gasteiger partial charge >= 0.3 is 35.8 Å². The topological polar surface area (TPSA) is 20.2 Å². The van der Waals surface area contributed by atoms with E-state index in [0.29, 0.717) is 12.1 Å². The highest BCUT2D eigenvalue weighted by molar-refractivity contribution is 6.82. The average Bonchev–Trinajstić information content (AvgIpc) is 2.65. The molecule has 16 heteroatoms. The molecule has 0 fully saturated rings. The van der Waals surface area contributed by atoms with Crippen LogP contribution in [-0.2, 0) is 5.22 Å². The lowest BCUT2D eigenvalue weighted by molar-refractivity contribution is -0.447. The number of aliphatic hydroxyl groups is 1. The van der Waals surface area contributed by atoms with Gasteiger partial charge in [0.2, 0.25) is 0 Å². The van der Waals surface area contributed by atoms with Crippen LogP contribution in [0.4, 0.5) is 57.1 Å². The van der Waals surface area contributed by atoms with Gasteiger partial charge < -0.3 is 5.11 Å². The first-order valence-electron chi connectivity index (χ1n) is 9.44. The fourth-order valence-electron chi connectivity index (χ4n) is 3.17. The molecular weight excluding hydrogens is 555 g/mol. The number of rotatable bonds is 7. The Kier molecular flexibility index (Phi) is 7.63. The zero-order valence-electron chi connectivity index (χ0n) is 18.5. The van der Waals surface area contributed by atoms with Crippen LogP contribution in [0.3, 0.4) is 0 Å². The first-order valence-corrected chi connectivity index (χ1v) is 12.8. The zero-order valence-corrected chi connectivity index (χ0v) is 20.3. The van der Waals surface area contributed by atoms with Crippen molar-refractivity contribution in [3.05, 3.63) is 34.9 Å². The first kappa shape index (κ1) is 31.8. The van der Waals surface area contributed by atoms with E-state index in [4.69, 9.17) is 11.6 Å². The summed E-state index contributed by atoms with van der Waals surface area (Å²) in [4.78, 5) is 0. The summed E-state index contributed by atoms with van der Waals surface area (Å²) in [6, 6.07) is 2.50. The van der Waals surface area contributed by atoms with Crippen LogP contribution in [-0.4, -0.2) is 49.0 Å². The highest BCUT2D eigenvalue weighted by Gasteiger charge is 2.93. The van der Waals surface area contributed by atoms with Gasteiger partial charge in [-0.3, -0.25) is 0 Å². The van der Waals surface area contributed by atoms with Crippen molar-refractivity contribution in [1.82, 2.24) is 0 Å². The molecule has 1 aromatic rings. The van der Waals surface area contributed by atoms with Crippen molar-refractivity contribution in [2.75, 3.05) is 0 Å². The number of hydrogen-bond donors (Lipinski definition) is 1. The molecule has 0 saturated carbocycles. The lowest BCUT2D eigenvalue weighted by atomic mass is 9.88. The fourth-order valence-corrected chi connectivity index (χ4v) is 6.21. The Balaban J connectivity index is 4.08. The van der Waals surface area contributed by atoms with E-state index in [1.165, 1.54) is 0 Å². The third-order valence-corrected chi connectivity index (χ3v) is 12.8. The number of alkyl halides is 13. The minimum atomic E-state index is -8.06. The summed E-state index contributed by atoms with van der Waals surface area (Å²) in [5, 5.41) is 4.87. The van der Waals surface area contributed by atoms with Crippen molar-refractivity contribution >= 4 is 19.7 Å². The molecule has 0 saturated heterocycles. The van der Waals surface area contributed by atoms with E-state index in [0.717, 1.165) is 46.0 Å². The van der Waals surface area contributed by atoms with E-state index in [9.17, 15) is 53.4 Å². The van der Waals surface area contributed by atoms with Crippen molar-refractivity contribution in [3.63, 3.8) is 0 Å². The number of hydrogen-bond acceptors (Lipinski definition) is 1. The Morgan fingerprint density at radius 3 is 1.23 bits per heavy atom. The van der Waals surface area contributed by atoms with E-state index >= 15 is 8.78 Å². The molecular formula is C19H20ClF13OSi. The maximum Gasteiger partial charge on any atom is 0.460 e. The van der Waals surface area contributed by atoms with Crippen LogP contribution in [0.5, 0.6) is 0 Å². The van der Waals surface area contributed by atoms with E-state index < -0.39 is 59.7 Å². The maximum atomic E-state index is 15.4. The van der Waals surface area contributed by atoms with E-state index in [-0.39, 0.29) is 5.02 Å². The van der Waals surface area contributed by atoms with Gasteiger partial charge in [0.25, 0.3) is 0 Å². The van der Waals surface area contributed by atoms with Crippen LogP contribution in [0.2, 0.25) is 23.2 Å². The zero-order chi connectivity index (χ0) is 28.5. The van der Waals surface area contributed by atoms with Crippen molar-refractivity contribution < 1.29 is 62.2 Å². The largest absolute Gasteiger partial charge is 0.460 e. The summed E-state index contributed by atoms with van der Waals surface area (Å²) in [5.41, 5.74) is -1.22. The van der Waals surface area contributed by atoms with Gasteiger partial charge in [-0.25, -0.2) is 0 Å². The van der Waals surface area contributed by atoms with Crippen LogP contribution in [0.15, 0.2) is 24.3 Å². The van der Waals surface area contributed by atoms with Gasteiger partial charge in [-0.2, -0.15) is 57.1 Å². The van der Waals surface area contributed by atoms with Crippen molar-refractivity contribution in [2.24, 2.45) is 0 Å². The summed E-state index contributed by atoms with van der Waals surface area (Å²) in [6.45, 7) is 4.97. The quantitative estimate of drug-likeness (QED) is 0.256. The van der Waals surface area contributed by atoms with Crippen LogP contribution >= 0.6 is 11.6 Å². The molecule has 1 unspecified atom stereocenters. The summed E-state index contributed by atoms with van der Waals surface area (Å²) in [5.74, 6) is -38.3. The second-order valence-electron chi connectivity index (χ2n) is 9.46. The van der Waals surface area contributed by atoms with Gasteiger partial charge in [0.05, 0.1) is 0 Å². The Bertz CT molecular complexity index is 920. The van der Waals surface area contributed by atoms with Gasteiger partial charge in [-0.05, 0) is 22.7 Å². The molecule has 0 bridgehead atoms. The predicted octanol–water partition coefficient (Wildman–Crippen LogP) is 8.31. The van der Waals surface area contributed by atoms with Gasteiger partial charge in [0, 0.05) is 5.02 Å². The molecule has 0 aromatic heterocycles. The highest BCUT2D eigenvalue weighted by atomic mass is 35.5. The van der Waals surface area contributed by atoms with Gasteiger partial charge in [-0.15, -0.1) is 0 Å². The van der Waals surface area contributed by atoms with Crippen LogP contribution in [0, 0.1) is 0 Å². The molecule has 1 atom stereocenters. The van der Waals surface area contributed by atoms with Crippen LogP contribution in [0.1, 0.15) is 26.3 Å². The molecule has 35 heavy (non-hydrogen) atoms. The summed E-state index contributed by atoms with van der Waals surface area (Å²) in [6.07, 6.45) is -7.52. The average molecular weight is 575 g/mol. The summed E-state index contributed by atoms with van der Waals surface area (Å²) in [7, 11) is -4.59. The van der Waals surface area contributed by atoms with Crippen LogP contribution in [0.25, 0.3) is 0 Å². The van der Waals surface area contributed by atoms with E-state index in [1.54, 1.807) is 0 Å². The SMILES string of the molecule is CC(C)(C)[Si](C)(C)C(O)(c1ccc(Cl)cc1)C(F)(F)C(F)(F)C(F)(F)C(F)(F)C(F)(F)C(F)(F)F. The number of halogens is 14. The van der Waals surface area contributed by atoms with Gasteiger partial charge in [0.1, 0.15) is 13.3 Å². The summed E-state index contributed by atoms with van der Waals surface area (Å²) < 4.78 is 180. The van der Waals surface area contributed by atoms with Crippen molar-refractivity contribution in [3.8, 4) is 0 Å². The highest BCUT2D eigenvalue weighted by Crippen LogP contribution is 2.65. The maximum absolute atomic E-state index is 15.4. The van der Waals surface area contributed by atoms with Gasteiger partial charge in [-0.1, -0.05) is 57.6 Å². The molecule has 0 radical (unpaired) electrons. The first-order chi connectivity index (χ1) is 15.0. The van der Waals surface area contributed by atoms with Crippen LogP contribution < -0.4 is 0 Å². The lowest BCUT2D eigenvalue weighted by Crippen LogP contribution is -2.77. The Morgan fingerprint density at radius 1 is 0.600 bits per heavy atom. The molecule has 1 nitrogen and oxygen atoms in total. The molecule has 0 heterocycles. The monoisotopic (exact) mass is 574 g/mol. The molecule has 0 aliphatic rings. The van der Waals surface area contributed by atoms with Crippen molar-refractivity contribution in [1.29, 1.82) is 0 Å². The molecule has 0 spiro atoms. The second-order valence-corrected chi connectivity index (χ2v) is 15.4. The molecule has 1 rings (SSSR count). The third kappa shape index (κ3) is 4.12. The third-order valence-electron chi connectivity index (χ3n) is 6.43. The smallest absolute Gasteiger partial charge is 0.382 e. The Labute approximate surface area is 197 Å². The molecule has 204 valence electrons. The summed E-state index contributed by atoms with van der Waals surface area (Å²) >= 11 is 5.58. The van der Waals surface area contributed by atoms with Gasteiger partial charge in [0.15, 0.2) is 0 Å². The minimum Gasteiger partial charge on any atom is -0.382 e.